The number of nitrogens with zero attached hydrogens (tertiary/aromatic N) is 1. The lowest BCUT2D eigenvalue weighted by molar-refractivity contribution is -0.117. The minimum atomic E-state index is -0.567. The highest BCUT2D eigenvalue weighted by molar-refractivity contribution is 6.30. The fourth-order valence-corrected chi connectivity index (χ4v) is 2.43. The molecule has 6 nitrogen and oxygen atoms in total. The van der Waals surface area contributed by atoms with Gasteiger partial charge in [-0.15, -0.1) is 0 Å². The van der Waals surface area contributed by atoms with Crippen LogP contribution in [0, 0.1) is 0 Å². The zero-order valence-electron chi connectivity index (χ0n) is 14.6. The number of hydrazine groups is 1. The molecule has 3 aromatic rings. The number of benzene rings is 2. The molecule has 0 fully saturated rings. The number of nitrogens with one attached hydrogen (secondary N) is 2. The molecule has 140 valence electrons. The van der Waals surface area contributed by atoms with E-state index in [-0.39, 0.29) is 5.69 Å². The molecule has 1 aromatic heterocycles. The summed E-state index contributed by atoms with van der Waals surface area (Å²) in [6, 6.07) is 19.3. The van der Waals surface area contributed by atoms with Crippen LogP contribution >= 0.6 is 11.6 Å². The number of carbonyl (C=O) groups is 2. The van der Waals surface area contributed by atoms with Gasteiger partial charge in [-0.05, 0) is 42.0 Å². The predicted molar refractivity (Wildman–Crippen MR) is 107 cm³/mol. The number of amides is 2. The first-order valence-corrected chi connectivity index (χ1v) is 8.71. The number of halogens is 1. The monoisotopic (exact) mass is 393 g/mol. The summed E-state index contributed by atoms with van der Waals surface area (Å²) < 4.78 is 5.66. The quantitative estimate of drug-likeness (QED) is 0.507. The van der Waals surface area contributed by atoms with Crippen molar-refractivity contribution in [3.8, 4) is 11.5 Å². The van der Waals surface area contributed by atoms with Gasteiger partial charge in [0.2, 0.25) is 0 Å². The highest BCUT2D eigenvalue weighted by atomic mass is 35.5. The van der Waals surface area contributed by atoms with Crippen molar-refractivity contribution in [1.82, 2.24) is 15.8 Å². The Kier molecular flexibility index (Phi) is 6.38. The summed E-state index contributed by atoms with van der Waals surface area (Å²) in [5.41, 5.74) is 5.47. The van der Waals surface area contributed by atoms with Gasteiger partial charge < -0.3 is 4.74 Å². The maximum atomic E-state index is 12.2. The third kappa shape index (κ3) is 5.69. The summed E-state index contributed by atoms with van der Waals surface area (Å²) in [5.74, 6) is 0.0334. The maximum Gasteiger partial charge on any atom is 0.288 e. The Morgan fingerprint density at radius 3 is 2.54 bits per heavy atom. The fraction of sp³-hybridized carbons (Fsp3) is 0. The molecule has 0 unspecified atom stereocenters. The molecule has 7 heteroatoms. The molecule has 0 bridgehead atoms. The van der Waals surface area contributed by atoms with Gasteiger partial charge in [-0.3, -0.25) is 25.4 Å². The lowest BCUT2D eigenvalue weighted by Crippen LogP contribution is -2.41. The van der Waals surface area contributed by atoms with E-state index in [1.54, 1.807) is 48.5 Å². The topological polar surface area (TPSA) is 80.3 Å². The third-order valence-electron chi connectivity index (χ3n) is 3.52. The molecule has 2 N–H and O–H groups in total. The second-order valence-corrected chi connectivity index (χ2v) is 6.06. The molecule has 0 spiro atoms. The minimum Gasteiger partial charge on any atom is -0.457 e. The molecule has 1 heterocycles. The van der Waals surface area contributed by atoms with Gasteiger partial charge in [-0.25, -0.2) is 0 Å². The summed E-state index contributed by atoms with van der Waals surface area (Å²) >= 11 is 5.89. The van der Waals surface area contributed by atoms with Crippen molar-refractivity contribution >= 4 is 29.5 Å². The van der Waals surface area contributed by atoms with E-state index in [1.807, 2.05) is 18.2 Å². The first-order chi connectivity index (χ1) is 13.6. The van der Waals surface area contributed by atoms with E-state index in [0.717, 1.165) is 5.56 Å². The van der Waals surface area contributed by atoms with Crippen LogP contribution in [-0.4, -0.2) is 16.8 Å². The smallest absolute Gasteiger partial charge is 0.288 e. The van der Waals surface area contributed by atoms with Crippen LogP contribution in [0.2, 0.25) is 5.02 Å². The van der Waals surface area contributed by atoms with Crippen LogP contribution in [0.1, 0.15) is 16.1 Å². The average molecular weight is 394 g/mol. The SMILES string of the molecule is O=C(C=Cc1cccc(Cl)c1)NNC(=O)c1cc(Oc2ccccc2)ccn1. The van der Waals surface area contributed by atoms with Crippen molar-refractivity contribution < 1.29 is 14.3 Å². The van der Waals surface area contributed by atoms with E-state index < -0.39 is 11.8 Å². The van der Waals surface area contributed by atoms with Crippen molar-refractivity contribution in [2.45, 2.75) is 0 Å². The van der Waals surface area contributed by atoms with Crippen molar-refractivity contribution in [3.63, 3.8) is 0 Å². The molecule has 0 saturated heterocycles. The van der Waals surface area contributed by atoms with E-state index in [1.165, 1.54) is 18.3 Å². The predicted octanol–water partition coefficient (Wildman–Crippen LogP) is 4.00. The Bertz CT molecular complexity index is 1010. The highest BCUT2D eigenvalue weighted by Gasteiger charge is 2.09. The van der Waals surface area contributed by atoms with Crippen LogP contribution < -0.4 is 15.6 Å². The molecular weight excluding hydrogens is 378 g/mol. The largest absolute Gasteiger partial charge is 0.457 e. The first-order valence-electron chi connectivity index (χ1n) is 8.33. The van der Waals surface area contributed by atoms with Gasteiger partial charge in [0.25, 0.3) is 11.8 Å². The van der Waals surface area contributed by atoms with Crippen LogP contribution in [0.5, 0.6) is 11.5 Å². The van der Waals surface area contributed by atoms with Crippen molar-refractivity contribution in [2.24, 2.45) is 0 Å². The van der Waals surface area contributed by atoms with Gasteiger partial charge in [0.05, 0.1) is 0 Å². The van der Waals surface area contributed by atoms with Crippen molar-refractivity contribution in [1.29, 1.82) is 0 Å². The van der Waals surface area contributed by atoms with Gasteiger partial charge in [-0.1, -0.05) is 41.9 Å². The second-order valence-electron chi connectivity index (χ2n) is 5.62. The van der Waals surface area contributed by atoms with Gasteiger partial charge in [0.1, 0.15) is 17.2 Å². The summed E-state index contributed by atoms with van der Waals surface area (Å²) in [7, 11) is 0. The van der Waals surface area contributed by atoms with Crippen molar-refractivity contribution in [2.75, 3.05) is 0 Å². The van der Waals surface area contributed by atoms with Crippen molar-refractivity contribution in [3.05, 3.63) is 95.3 Å². The highest BCUT2D eigenvalue weighted by Crippen LogP contribution is 2.20. The Hall–Kier alpha value is -3.64. The summed E-state index contributed by atoms with van der Waals surface area (Å²) in [6.45, 7) is 0. The summed E-state index contributed by atoms with van der Waals surface area (Å²) in [5, 5.41) is 0.569. The Morgan fingerprint density at radius 2 is 1.75 bits per heavy atom. The molecule has 0 atom stereocenters. The molecule has 0 aliphatic heterocycles. The first kappa shape index (κ1) is 19.1. The van der Waals surface area contributed by atoms with E-state index in [0.29, 0.717) is 16.5 Å². The number of ether oxygens (including phenoxy) is 1. The Morgan fingerprint density at radius 1 is 0.929 bits per heavy atom. The lowest BCUT2D eigenvalue weighted by atomic mass is 10.2. The molecule has 2 amide bonds. The summed E-state index contributed by atoms with van der Waals surface area (Å²) in [4.78, 5) is 28.0. The normalized spacial score (nSPS) is 10.5. The van der Waals surface area contributed by atoms with Gasteiger partial charge in [0.15, 0.2) is 0 Å². The summed E-state index contributed by atoms with van der Waals surface area (Å²) in [6.07, 6.45) is 4.32. The zero-order valence-corrected chi connectivity index (χ0v) is 15.4. The molecular formula is C21H16ClN3O3. The molecule has 0 aliphatic carbocycles. The average Bonchev–Trinajstić information content (AvgIpc) is 2.71. The van der Waals surface area contributed by atoms with Crippen LogP contribution in [-0.2, 0) is 4.79 Å². The van der Waals surface area contributed by atoms with Crippen LogP contribution in [0.4, 0.5) is 0 Å². The molecule has 0 aliphatic rings. The number of pyridine rings is 1. The minimum absolute atomic E-state index is 0.104. The number of para-hydroxylation sites is 1. The molecule has 2 aromatic carbocycles. The fourth-order valence-electron chi connectivity index (χ4n) is 2.23. The molecule has 0 radical (unpaired) electrons. The zero-order chi connectivity index (χ0) is 19.8. The van der Waals surface area contributed by atoms with E-state index in [4.69, 9.17) is 16.3 Å². The molecule has 3 rings (SSSR count). The standard InChI is InChI=1S/C21H16ClN3O3/c22-16-6-4-5-15(13-16)9-10-20(26)24-25-21(27)19-14-18(11-12-23-19)28-17-7-2-1-3-8-17/h1-14H,(H,24,26)(H,25,27). The lowest BCUT2D eigenvalue weighted by Gasteiger charge is -2.08. The van der Waals surface area contributed by atoms with E-state index >= 15 is 0 Å². The van der Waals surface area contributed by atoms with Gasteiger partial charge in [-0.2, -0.15) is 0 Å². The number of rotatable bonds is 5. The van der Waals surface area contributed by atoms with Gasteiger partial charge in [0, 0.05) is 23.4 Å². The number of aromatic nitrogens is 1. The second kappa shape index (κ2) is 9.34. The molecule has 28 heavy (non-hydrogen) atoms. The van der Waals surface area contributed by atoms with Gasteiger partial charge >= 0.3 is 0 Å². The maximum absolute atomic E-state index is 12.2. The van der Waals surface area contributed by atoms with Crippen LogP contribution in [0.3, 0.4) is 0 Å². The van der Waals surface area contributed by atoms with E-state index in [2.05, 4.69) is 15.8 Å². The Labute approximate surface area is 166 Å². The number of hydrogen-bond acceptors (Lipinski definition) is 4. The number of hydrogen-bond donors (Lipinski definition) is 2. The van der Waals surface area contributed by atoms with E-state index in [9.17, 15) is 9.59 Å². The van der Waals surface area contributed by atoms with Crippen LogP contribution in [0.25, 0.3) is 6.08 Å². The Balaban J connectivity index is 1.56. The third-order valence-corrected chi connectivity index (χ3v) is 3.75. The number of carbonyl (C=O) groups excluding carboxylic acids is 2. The molecule has 0 saturated carbocycles. The van der Waals surface area contributed by atoms with Crippen LogP contribution in [0.15, 0.2) is 79.0 Å².